The van der Waals surface area contributed by atoms with Gasteiger partial charge in [-0.05, 0) is 6.92 Å². The number of nitrogens with zero attached hydrogens (tertiary/aromatic N) is 3. The molecular formula is C9H14N4. The molecule has 0 spiro atoms. The molecule has 1 heterocycles. The fraction of sp³-hybridized carbons (Fsp3) is 0.556. The normalized spacial score (nSPS) is 12.4. The van der Waals surface area contributed by atoms with Gasteiger partial charge >= 0.3 is 0 Å². The van der Waals surface area contributed by atoms with Crippen LogP contribution in [0.15, 0.2) is 12.4 Å². The van der Waals surface area contributed by atoms with Crippen LogP contribution in [0.2, 0.25) is 0 Å². The van der Waals surface area contributed by atoms with Gasteiger partial charge in [0.1, 0.15) is 0 Å². The van der Waals surface area contributed by atoms with Crippen LogP contribution in [0.25, 0.3) is 0 Å². The van der Waals surface area contributed by atoms with Gasteiger partial charge in [0, 0.05) is 31.9 Å². The predicted octanol–water partition coefficient (Wildman–Crippen LogP) is 0.669. The minimum absolute atomic E-state index is 0.0664. The first-order chi connectivity index (χ1) is 6.22. The molecule has 0 radical (unpaired) electrons. The highest BCUT2D eigenvalue weighted by Crippen LogP contribution is 1.96. The van der Waals surface area contributed by atoms with E-state index in [0.717, 1.165) is 18.7 Å². The molecular weight excluding hydrogens is 164 g/mol. The monoisotopic (exact) mass is 178 g/mol. The maximum atomic E-state index is 8.53. The van der Waals surface area contributed by atoms with Crippen LogP contribution in [-0.4, -0.2) is 16.3 Å². The zero-order valence-electron chi connectivity index (χ0n) is 7.99. The summed E-state index contributed by atoms with van der Waals surface area (Å²) in [7, 11) is 1.89. The lowest BCUT2D eigenvalue weighted by Gasteiger charge is -2.02. The Hall–Kier alpha value is -1.34. The molecule has 13 heavy (non-hydrogen) atoms. The Labute approximate surface area is 78.2 Å². The summed E-state index contributed by atoms with van der Waals surface area (Å²) in [6, 6.07) is 2.17. The molecule has 0 fully saturated rings. The maximum Gasteiger partial charge on any atom is 0.0666 e. The van der Waals surface area contributed by atoms with E-state index >= 15 is 0 Å². The third-order valence-electron chi connectivity index (χ3n) is 1.76. The smallest absolute Gasteiger partial charge is 0.0666 e. The first kappa shape index (κ1) is 9.75. The molecule has 0 saturated carbocycles. The largest absolute Gasteiger partial charge is 0.311 e. The molecule has 1 aromatic heterocycles. The summed E-state index contributed by atoms with van der Waals surface area (Å²) in [6.45, 7) is 3.40. The standard InChI is InChI=1S/C9H14N4/c1-8(3-10)4-11-5-9-6-12-13(2)7-9/h6-8,11H,4-5H2,1-2H3. The van der Waals surface area contributed by atoms with Crippen LogP contribution in [0.5, 0.6) is 0 Å². The Morgan fingerprint density at radius 1 is 1.77 bits per heavy atom. The van der Waals surface area contributed by atoms with Crippen molar-refractivity contribution < 1.29 is 0 Å². The van der Waals surface area contributed by atoms with E-state index in [1.165, 1.54) is 0 Å². The topological polar surface area (TPSA) is 53.6 Å². The van der Waals surface area contributed by atoms with Crippen LogP contribution in [0.3, 0.4) is 0 Å². The SMILES string of the molecule is CC(C#N)CNCc1cnn(C)c1. The first-order valence-electron chi connectivity index (χ1n) is 4.30. The highest BCUT2D eigenvalue weighted by Gasteiger charge is 1.99. The molecule has 4 heteroatoms. The van der Waals surface area contributed by atoms with Gasteiger partial charge in [0.2, 0.25) is 0 Å². The van der Waals surface area contributed by atoms with Gasteiger partial charge in [0.15, 0.2) is 0 Å². The molecule has 0 saturated heterocycles. The quantitative estimate of drug-likeness (QED) is 0.737. The van der Waals surface area contributed by atoms with Crippen LogP contribution in [0.4, 0.5) is 0 Å². The second kappa shape index (κ2) is 4.63. The van der Waals surface area contributed by atoms with Crippen LogP contribution in [0.1, 0.15) is 12.5 Å². The summed E-state index contributed by atoms with van der Waals surface area (Å²) >= 11 is 0. The third-order valence-corrected chi connectivity index (χ3v) is 1.76. The summed E-state index contributed by atoms with van der Waals surface area (Å²) in [5.41, 5.74) is 1.15. The average Bonchev–Trinajstić information content (AvgIpc) is 2.51. The Kier molecular flexibility index (Phi) is 3.47. The van der Waals surface area contributed by atoms with Crippen molar-refractivity contribution in [3.05, 3.63) is 18.0 Å². The summed E-state index contributed by atoms with van der Waals surface area (Å²) in [6.07, 6.45) is 3.79. The van der Waals surface area contributed by atoms with Gasteiger partial charge in [-0.3, -0.25) is 4.68 Å². The van der Waals surface area contributed by atoms with Crippen molar-refractivity contribution in [1.29, 1.82) is 5.26 Å². The van der Waals surface area contributed by atoms with Gasteiger partial charge in [-0.15, -0.1) is 0 Å². The number of aromatic nitrogens is 2. The van der Waals surface area contributed by atoms with E-state index in [-0.39, 0.29) is 5.92 Å². The molecule has 0 amide bonds. The highest BCUT2D eigenvalue weighted by molar-refractivity contribution is 5.02. The number of hydrogen-bond donors (Lipinski definition) is 1. The van der Waals surface area contributed by atoms with Crippen molar-refractivity contribution in [2.75, 3.05) is 6.54 Å². The Balaban J connectivity index is 2.25. The van der Waals surface area contributed by atoms with Crippen LogP contribution in [-0.2, 0) is 13.6 Å². The molecule has 70 valence electrons. The van der Waals surface area contributed by atoms with Crippen LogP contribution in [0, 0.1) is 17.2 Å². The number of hydrogen-bond acceptors (Lipinski definition) is 3. The molecule has 0 aromatic carbocycles. The molecule has 0 aliphatic heterocycles. The summed E-state index contributed by atoms with van der Waals surface area (Å²) in [5, 5.41) is 15.8. The van der Waals surface area contributed by atoms with E-state index in [1.54, 1.807) is 4.68 Å². The molecule has 0 aliphatic carbocycles. The maximum absolute atomic E-state index is 8.53. The van der Waals surface area contributed by atoms with Crippen molar-refractivity contribution in [3.8, 4) is 6.07 Å². The summed E-state index contributed by atoms with van der Waals surface area (Å²) < 4.78 is 1.77. The van der Waals surface area contributed by atoms with E-state index in [0.29, 0.717) is 0 Å². The number of nitriles is 1. The summed E-state index contributed by atoms with van der Waals surface area (Å²) in [4.78, 5) is 0. The second-order valence-electron chi connectivity index (χ2n) is 3.18. The summed E-state index contributed by atoms with van der Waals surface area (Å²) in [5.74, 6) is 0.0664. The predicted molar refractivity (Wildman–Crippen MR) is 49.7 cm³/mol. The van der Waals surface area contributed by atoms with Gasteiger partial charge in [-0.25, -0.2) is 0 Å². The fourth-order valence-corrected chi connectivity index (χ4v) is 1.04. The number of nitrogens with one attached hydrogen (secondary N) is 1. The molecule has 0 aliphatic rings. The van der Waals surface area contributed by atoms with Crippen molar-refractivity contribution >= 4 is 0 Å². The lowest BCUT2D eigenvalue weighted by atomic mass is 10.2. The molecule has 1 unspecified atom stereocenters. The molecule has 1 rings (SSSR count). The van der Waals surface area contributed by atoms with Gasteiger partial charge in [-0.2, -0.15) is 10.4 Å². The van der Waals surface area contributed by atoms with E-state index < -0.39 is 0 Å². The molecule has 1 aromatic rings. The van der Waals surface area contributed by atoms with Crippen molar-refractivity contribution in [2.24, 2.45) is 13.0 Å². The van der Waals surface area contributed by atoms with Gasteiger partial charge in [-0.1, -0.05) is 0 Å². The van der Waals surface area contributed by atoms with Gasteiger partial charge in [0.25, 0.3) is 0 Å². The molecule has 0 bridgehead atoms. The van der Waals surface area contributed by atoms with Crippen LogP contribution >= 0.6 is 0 Å². The Bertz CT molecular complexity index is 297. The van der Waals surface area contributed by atoms with Gasteiger partial charge < -0.3 is 5.32 Å². The second-order valence-corrected chi connectivity index (χ2v) is 3.18. The third kappa shape index (κ3) is 3.26. The van der Waals surface area contributed by atoms with Crippen molar-refractivity contribution in [3.63, 3.8) is 0 Å². The lowest BCUT2D eigenvalue weighted by Crippen LogP contribution is -2.19. The molecule has 1 N–H and O–H groups in total. The van der Waals surface area contributed by atoms with E-state index in [9.17, 15) is 0 Å². The van der Waals surface area contributed by atoms with E-state index in [2.05, 4.69) is 16.5 Å². The van der Waals surface area contributed by atoms with Crippen molar-refractivity contribution in [2.45, 2.75) is 13.5 Å². The fourth-order valence-electron chi connectivity index (χ4n) is 1.04. The van der Waals surface area contributed by atoms with E-state index in [1.807, 2.05) is 26.4 Å². The molecule has 4 nitrogen and oxygen atoms in total. The average molecular weight is 178 g/mol. The minimum atomic E-state index is 0.0664. The van der Waals surface area contributed by atoms with Crippen molar-refractivity contribution in [1.82, 2.24) is 15.1 Å². The first-order valence-corrected chi connectivity index (χ1v) is 4.30. The lowest BCUT2D eigenvalue weighted by molar-refractivity contribution is 0.601. The Morgan fingerprint density at radius 2 is 2.54 bits per heavy atom. The zero-order chi connectivity index (χ0) is 9.68. The van der Waals surface area contributed by atoms with Crippen LogP contribution < -0.4 is 5.32 Å². The zero-order valence-corrected chi connectivity index (χ0v) is 7.99. The number of aryl methyl sites for hydroxylation is 1. The minimum Gasteiger partial charge on any atom is -0.311 e. The Morgan fingerprint density at radius 3 is 3.08 bits per heavy atom. The van der Waals surface area contributed by atoms with E-state index in [4.69, 9.17) is 5.26 Å². The number of rotatable bonds is 4. The molecule has 1 atom stereocenters. The van der Waals surface area contributed by atoms with Gasteiger partial charge in [0.05, 0.1) is 18.2 Å². The highest BCUT2D eigenvalue weighted by atomic mass is 15.2.